The second-order valence-corrected chi connectivity index (χ2v) is 13.5. The summed E-state index contributed by atoms with van der Waals surface area (Å²) >= 11 is 0. The molecule has 0 aromatic rings. The van der Waals surface area contributed by atoms with E-state index >= 15 is 0 Å². The molecule has 36 heavy (non-hydrogen) atoms. The van der Waals surface area contributed by atoms with Crippen molar-refractivity contribution in [1.82, 2.24) is 5.32 Å². The molecule has 1 aliphatic rings. The van der Waals surface area contributed by atoms with Crippen LogP contribution in [0.25, 0.3) is 0 Å². The Hall–Kier alpha value is -1.45. The summed E-state index contributed by atoms with van der Waals surface area (Å²) in [5.74, 6) is 0. The van der Waals surface area contributed by atoms with E-state index < -0.39 is 5.54 Å². The molecule has 4 nitrogen and oxygen atoms in total. The first kappa shape index (κ1) is 32.6. The average molecular weight is 504 g/mol. The number of ether oxygens (including phenoxy) is 1. The Morgan fingerprint density at radius 1 is 0.778 bits per heavy atom. The van der Waals surface area contributed by atoms with Gasteiger partial charge in [0, 0.05) is 6.20 Å². The van der Waals surface area contributed by atoms with Crippen LogP contribution in [0.2, 0.25) is 0 Å². The summed E-state index contributed by atoms with van der Waals surface area (Å²) in [5, 5.41) is 3.13. The maximum absolute atomic E-state index is 6.35. The van der Waals surface area contributed by atoms with Gasteiger partial charge in [0.2, 0.25) is 0 Å². The van der Waals surface area contributed by atoms with Crippen LogP contribution in [0.3, 0.4) is 0 Å². The zero-order valence-corrected chi connectivity index (χ0v) is 25.0. The number of hydrogen-bond donors (Lipinski definition) is 2. The van der Waals surface area contributed by atoms with Crippen LogP contribution in [0, 0.1) is 10.8 Å². The van der Waals surface area contributed by atoms with Crippen LogP contribution in [-0.2, 0) is 4.74 Å². The van der Waals surface area contributed by atoms with Crippen LogP contribution in [0.15, 0.2) is 29.5 Å². The molecule has 3 N–H and O–H groups in total. The maximum atomic E-state index is 6.35. The molecule has 0 radical (unpaired) electrons. The normalized spacial score (nSPS) is 18.4. The van der Waals surface area contributed by atoms with Gasteiger partial charge in [0.1, 0.15) is 5.54 Å². The van der Waals surface area contributed by atoms with Crippen molar-refractivity contribution in [2.24, 2.45) is 21.6 Å². The summed E-state index contributed by atoms with van der Waals surface area (Å²) < 4.78 is 5.97. The second-order valence-electron chi connectivity index (χ2n) is 13.5. The lowest BCUT2D eigenvalue weighted by Crippen LogP contribution is -2.41. The molecule has 0 saturated heterocycles. The van der Waals surface area contributed by atoms with Crippen LogP contribution in [-0.4, -0.2) is 18.2 Å². The third-order valence-corrected chi connectivity index (χ3v) is 7.28. The number of rotatable bonds is 19. The lowest BCUT2D eigenvalue weighted by Gasteiger charge is -2.31. The van der Waals surface area contributed by atoms with Crippen LogP contribution >= 0.6 is 0 Å². The zero-order valence-electron chi connectivity index (χ0n) is 25.0. The fourth-order valence-corrected chi connectivity index (χ4v) is 4.83. The van der Waals surface area contributed by atoms with E-state index in [9.17, 15) is 0 Å². The van der Waals surface area contributed by atoms with Crippen LogP contribution in [0.5, 0.6) is 0 Å². The first-order valence-electron chi connectivity index (χ1n) is 15.1. The fraction of sp³-hybridized carbons (Fsp3) is 0.844. The fourth-order valence-electron chi connectivity index (χ4n) is 4.83. The van der Waals surface area contributed by atoms with E-state index in [1.54, 1.807) is 0 Å². The summed E-state index contributed by atoms with van der Waals surface area (Å²) in [6.07, 6.45) is 25.3. The van der Waals surface area contributed by atoms with Crippen molar-refractivity contribution in [2.45, 2.75) is 156 Å². The van der Waals surface area contributed by atoms with E-state index in [1.165, 1.54) is 89.9 Å². The highest BCUT2D eigenvalue weighted by Crippen LogP contribution is 2.29. The van der Waals surface area contributed by atoms with Gasteiger partial charge in [0.05, 0.1) is 12.3 Å². The van der Waals surface area contributed by atoms with E-state index in [0.717, 1.165) is 25.0 Å². The van der Waals surface area contributed by atoms with Gasteiger partial charge in [0.15, 0.2) is 0 Å². The summed E-state index contributed by atoms with van der Waals surface area (Å²) in [6, 6.07) is 0.588. The van der Waals surface area contributed by atoms with Gasteiger partial charge >= 0.3 is 0 Å². The molecule has 0 aliphatic carbocycles. The second kappa shape index (κ2) is 17.1. The molecule has 0 bridgehead atoms. The Labute approximate surface area is 225 Å². The number of unbranched alkanes of at least 4 members (excludes halogenated alkanes) is 12. The van der Waals surface area contributed by atoms with Crippen molar-refractivity contribution >= 4 is 6.02 Å². The molecule has 210 valence electrons. The third-order valence-electron chi connectivity index (χ3n) is 7.28. The molecule has 0 aromatic carbocycles. The Bertz CT molecular complexity index is 653. The van der Waals surface area contributed by atoms with Crippen LogP contribution in [0.1, 0.15) is 151 Å². The van der Waals surface area contributed by atoms with Crippen LogP contribution in [0.4, 0.5) is 0 Å². The number of hydrogen-bond acceptors (Lipinski definition) is 4. The lowest BCUT2D eigenvalue weighted by molar-refractivity contribution is 0.273. The van der Waals surface area contributed by atoms with Gasteiger partial charge in [-0.05, 0) is 36.5 Å². The van der Waals surface area contributed by atoms with E-state index in [0.29, 0.717) is 23.5 Å². The van der Waals surface area contributed by atoms with Gasteiger partial charge in [-0.25, -0.2) is 4.99 Å². The SMILES string of the molecule is C=CC1(CCCCCCCCCC(C)(C)C)N=C(OCCCCCCCCCC(C)(C)C)NC=C1N. The number of nitrogens with one attached hydrogen (secondary N) is 1. The first-order valence-corrected chi connectivity index (χ1v) is 15.1. The lowest BCUT2D eigenvalue weighted by atomic mass is 9.88. The molecule has 4 heteroatoms. The Balaban J connectivity index is 2.20. The highest BCUT2D eigenvalue weighted by atomic mass is 16.5. The van der Waals surface area contributed by atoms with Crippen molar-refractivity contribution in [2.75, 3.05) is 6.61 Å². The van der Waals surface area contributed by atoms with Crippen molar-refractivity contribution in [1.29, 1.82) is 0 Å². The Morgan fingerprint density at radius 3 is 1.69 bits per heavy atom. The number of amidine groups is 1. The number of nitrogens with two attached hydrogens (primary N) is 1. The summed E-state index contributed by atoms with van der Waals surface area (Å²) in [4.78, 5) is 4.85. The van der Waals surface area contributed by atoms with Gasteiger partial charge in [0.25, 0.3) is 6.02 Å². The Kier molecular flexibility index (Phi) is 15.5. The van der Waals surface area contributed by atoms with Crippen LogP contribution < -0.4 is 11.1 Å². The van der Waals surface area contributed by atoms with E-state index in [2.05, 4.69) is 53.4 Å². The minimum atomic E-state index is -0.527. The molecule has 1 rings (SSSR count). The van der Waals surface area contributed by atoms with E-state index in [1.807, 2.05) is 12.3 Å². The van der Waals surface area contributed by atoms with Gasteiger partial charge in [-0.3, -0.25) is 0 Å². The summed E-state index contributed by atoms with van der Waals surface area (Å²) in [7, 11) is 0. The average Bonchev–Trinajstić information content (AvgIpc) is 2.79. The third kappa shape index (κ3) is 15.6. The first-order chi connectivity index (χ1) is 17.0. The van der Waals surface area contributed by atoms with Crippen molar-refractivity contribution in [3.63, 3.8) is 0 Å². The molecule has 1 atom stereocenters. The number of nitrogens with zero attached hydrogens (tertiary/aromatic N) is 1. The van der Waals surface area contributed by atoms with E-state index in [-0.39, 0.29) is 0 Å². The van der Waals surface area contributed by atoms with Crippen molar-refractivity contribution < 1.29 is 4.74 Å². The van der Waals surface area contributed by atoms with Gasteiger partial charge < -0.3 is 15.8 Å². The summed E-state index contributed by atoms with van der Waals surface area (Å²) in [6.45, 7) is 18.8. The molecule has 0 aromatic heterocycles. The smallest absolute Gasteiger partial charge is 0.290 e. The van der Waals surface area contributed by atoms with Gasteiger partial charge in [-0.1, -0.05) is 131 Å². The standard InChI is InChI=1S/C32H61N3O/c1-8-32(25-21-17-13-9-11-15-19-23-30(2,3)4)28(33)27-34-29(35-32)36-26-22-18-14-10-12-16-20-24-31(5,6)7/h8,27H,1,9-26,33H2,2-7H3,(H,34,35). The van der Waals surface area contributed by atoms with Crippen molar-refractivity contribution in [3.8, 4) is 0 Å². The van der Waals surface area contributed by atoms with E-state index in [4.69, 9.17) is 15.5 Å². The highest BCUT2D eigenvalue weighted by molar-refractivity contribution is 5.77. The largest absolute Gasteiger partial charge is 0.465 e. The predicted molar refractivity (Wildman–Crippen MR) is 159 cm³/mol. The molecule has 0 amide bonds. The molecule has 1 unspecified atom stereocenters. The molecular weight excluding hydrogens is 442 g/mol. The molecule has 0 saturated carbocycles. The summed E-state index contributed by atoms with van der Waals surface area (Å²) in [5.41, 5.74) is 7.50. The monoisotopic (exact) mass is 503 g/mol. The topological polar surface area (TPSA) is 59.6 Å². The molecule has 1 aliphatic heterocycles. The molecule has 1 heterocycles. The minimum absolute atomic E-state index is 0.468. The predicted octanol–water partition coefficient (Wildman–Crippen LogP) is 9.41. The minimum Gasteiger partial charge on any atom is -0.465 e. The molecule has 0 spiro atoms. The Morgan fingerprint density at radius 2 is 1.22 bits per heavy atom. The maximum Gasteiger partial charge on any atom is 0.290 e. The highest BCUT2D eigenvalue weighted by Gasteiger charge is 2.32. The molecule has 0 fully saturated rings. The zero-order chi connectivity index (χ0) is 26.9. The van der Waals surface area contributed by atoms with Gasteiger partial charge in [-0.2, -0.15) is 0 Å². The van der Waals surface area contributed by atoms with Crippen molar-refractivity contribution in [3.05, 3.63) is 24.6 Å². The number of aliphatic imine (C=N–C) groups is 1. The molecular formula is C32H61N3O. The quantitative estimate of drug-likeness (QED) is 0.136. The van der Waals surface area contributed by atoms with Gasteiger partial charge in [-0.15, -0.1) is 6.58 Å².